The number of halogens is 2. The summed E-state index contributed by atoms with van der Waals surface area (Å²) in [6, 6.07) is 5.04. The number of rotatable bonds is 4. The molecule has 4 nitrogen and oxygen atoms in total. The van der Waals surface area contributed by atoms with Crippen LogP contribution in [0.4, 0.5) is 14.5 Å². The molecule has 1 aromatic heterocycles. The van der Waals surface area contributed by atoms with Gasteiger partial charge in [0.05, 0.1) is 16.8 Å². The highest BCUT2D eigenvalue weighted by Gasteiger charge is 2.15. The average molecular weight is 294 g/mol. The second-order valence-electron chi connectivity index (χ2n) is 3.88. The lowest BCUT2D eigenvalue weighted by Crippen LogP contribution is -2.06. The van der Waals surface area contributed by atoms with Gasteiger partial charge in [-0.15, -0.1) is 11.3 Å². The minimum Gasteiger partial charge on any atom is -0.478 e. The van der Waals surface area contributed by atoms with Gasteiger partial charge in [0.2, 0.25) is 0 Å². The fraction of sp³-hybridized carbons (Fsp3) is 0.0769. The van der Waals surface area contributed by atoms with E-state index in [9.17, 15) is 13.6 Å². The van der Waals surface area contributed by atoms with Crippen LogP contribution in [0.5, 0.6) is 0 Å². The SMILES string of the molecule is N#Cc1csc(CNc2cc(C(=O)O)c(F)cc2F)c1. The summed E-state index contributed by atoms with van der Waals surface area (Å²) in [7, 11) is 0. The predicted molar refractivity (Wildman–Crippen MR) is 69.7 cm³/mol. The van der Waals surface area contributed by atoms with Gasteiger partial charge >= 0.3 is 5.97 Å². The van der Waals surface area contributed by atoms with E-state index in [1.807, 2.05) is 6.07 Å². The summed E-state index contributed by atoms with van der Waals surface area (Å²) in [6.07, 6.45) is 0. The van der Waals surface area contributed by atoms with Gasteiger partial charge < -0.3 is 10.4 Å². The molecule has 0 bridgehead atoms. The molecule has 102 valence electrons. The van der Waals surface area contributed by atoms with Crippen LogP contribution < -0.4 is 5.32 Å². The van der Waals surface area contributed by atoms with Gasteiger partial charge in [0.25, 0.3) is 0 Å². The predicted octanol–water partition coefficient (Wildman–Crippen LogP) is 3.21. The summed E-state index contributed by atoms with van der Waals surface area (Å²) >= 11 is 1.32. The molecule has 0 aliphatic carbocycles. The van der Waals surface area contributed by atoms with Gasteiger partial charge in [-0.05, 0) is 12.1 Å². The molecule has 0 saturated heterocycles. The first-order valence-corrected chi connectivity index (χ1v) is 6.33. The number of carboxylic acids is 1. The van der Waals surface area contributed by atoms with E-state index in [4.69, 9.17) is 10.4 Å². The highest BCUT2D eigenvalue weighted by Crippen LogP contribution is 2.22. The number of hydrogen-bond acceptors (Lipinski definition) is 4. The first kappa shape index (κ1) is 14.0. The first-order valence-electron chi connectivity index (χ1n) is 5.45. The van der Waals surface area contributed by atoms with Crippen molar-refractivity contribution in [2.24, 2.45) is 0 Å². The third kappa shape index (κ3) is 2.92. The second-order valence-corrected chi connectivity index (χ2v) is 4.88. The van der Waals surface area contributed by atoms with Gasteiger partial charge in [-0.25, -0.2) is 13.6 Å². The van der Waals surface area contributed by atoms with Crippen LogP contribution in [-0.2, 0) is 6.54 Å². The molecular formula is C13H8F2N2O2S. The van der Waals surface area contributed by atoms with Crippen LogP contribution in [0, 0.1) is 23.0 Å². The zero-order valence-electron chi connectivity index (χ0n) is 9.98. The van der Waals surface area contributed by atoms with Crippen LogP contribution in [0.2, 0.25) is 0 Å². The lowest BCUT2D eigenvalue weighted by molar-refractivity contribution is 0.0692. The standard InChI is InChI=1S/C13H8F2N2O2S/c14-10-3-11(15)12(2-9(10)13(18)19)17-5-8-1-7(4-16)6-20-8/h1-3,6,17H,5H2,(H,18,19). The maximum atomic E-state index is 13.5. The normalized spacial score (nSPS) is 10.1. The number of thiophene rings is 1. The van der Waals surface area contributed by atoms with E-state index in [1.165, 1.54) is 11.3 Å². The van der Waals surface area contributed by atoms with E-state index in [0.29, 0.717) is 11.6 Å². The van der Waals surface area contributed by atoms with E-state index < -0.39 is 23.2 Å². The van der Waals surface area contributed by atoms with E-state index in [2.05, 4.69) is 5.32 Å². The van der Waals surface area contributed by atoms with Crippen molar-refractivity contribution in [2.75, 3.05) is 5.32 Å². The lowest BCUT2D eigenvalue weighted by atomic mass is 10.1. The van der Waals surface area contributed by atoms with Gasteiger partial charge in [-0.3, -0.25) is 0 Å². The van der Waals surface area contributed by atoms with E-state index in [0.717, 1.165) is 10.9 Å². The Labute approximate surface area is 116 Å². The van der Waals surface area contributed by atoms with Crippen molar-refractivity contribution < 1.29 is 18.7 Å². The fourth-order valence-electron chi connectivity index (χ4n) is 1.56. The molecule has 0 spiro atoms. The van der Waals surface area contributed by atoms with Crippen LogP contribution in [0.25, 0.3) is 0 Å². The van der Waals surface area contributed by atoms with Crippen molar-refractivity contribution in [1.29, 1.82) is 5.26 Å². The van der Waals surface area contributed by atoms with Gasteiger partial charge in [0.15, 0.2) is 0 Å². The number of carboxylic acid groups (broad SMARTS) is 1. The Morgan fingerprint density at radius 2 is 2.10 bits per heavy atom. The summed E-state index contributed by atoms with van der Waals surface area (Å²) in [5, 5.41) is 21.8. The highest BCUT2D eigenvalue weighted by molar-refractivity contribution is 7.10. The Balaban J connectivity index is 2.19. The van der Waals surface area contributed by atoms with E-state index in [-0.39, 0.29) is 12.2 Å². The van der Waals surface area contributed by atoms with E-state index in [1.54, 1.807) is 11.4 Å². The monoisotopic (exact) mass is 294 g/mol. The first-order chi connectivity index (χ1) is 9.51. The van der Waals surface area contributed by atoms with Crippen LogP contribution >= 0.6 is 11.3 Å². The van der Waals surface area contributed by atoms with Crippen LogP contribution in [0.3, 0.4) is 0 Å². The van der Waals surface area contributed by atoms with Crippen molar-refractivity contribution in [3.8, 4) is 6.07 Å². The highest BCUT2D eigenvalue weighted by atomic mass is 32.1. The zero-order valence-corrected chi connectivity index (χ0v) is 10.8. The smallest absolute Gasteiger partial charge is 0.338 e. The Morgan fingerprint density at radius 1 is 1.35 bits per heavy atom. The Hall–Kier alpha value is -2.46. The van der Waals surface area contributed by atoms with Gasteiger partial charge in [0.1, 0.15) is 17.7 Å². The summed E-state index contributed by atoms with van der Waals surface area (Å²) in [4.78, 5) is 11.6. The zero-order chi connectivity index (χ0) is 14.7. The molecule has 2 rings (SSSR count). The molecule has 2 N–H and O–H groups in total. The van der Waals surface area contributed by atoms with Crippen LogP contribution in [0.1, 0.15) is 20.8 Å². The van der Waals surface area contributed by atoms with Crippen molar-refractivity contribution in [3.05, 3.63) is 51.2 Å². The number of aromatic carboxylic acids is 1. The number of carbonyl (C=O) groups is 1. The fourth-order valence-corrected chi connectivity index (χ4v) is 2.31. The minimum atomic E-state index is -1.46. The molecule has 1 aromatic carbocycles. The molecular weight excluding hydrogens is 286 g/mol. The van der Waals surface area contributed by atoms with Crippen molar-refractivity contribution in [3.63, 3.8) is 0 Å². The van der Waals surface area contributed by atoms with Gasteiger partial charge in [-0.1, -0.05) is 0 Å². The van der Waals surface area contributed by atoms with E-state index >= 15 is 0 Å². The van der Waals surface area contributed by atoms with Crippen molar-refractivity contribution in [1.82, 2.24) is 0 Å². The molecule has 0 atom stereocenters. The molecule has 0 fully saturated rings. The van der Waals surface area contributed by atoms with Crippen molar-refractivity contribution in [2.45, 2.75) is 6.54 Å². The molecule has 0 radical (unpaired) electrons. The molecule has 20 heavy (non-hydrogen) atoms. The summed E-state index contributed by atoms with van der Waals surface area (Å²) in [6.45, 7) is 0.216. The number of hydrogen-bond donors (Lipinski definition) is 2. The van der Waals surface area contributed by atoms with Crippen LogP contribution in [0.15, 0.2) is 23.6 Å². The topological polar surface area (TPSA) is 73.1 Å². The summed E-state index contributed by atoms with van der Waals surface area (Å²) < 4.78 is 26.7. The summed E-state index contributed by atoms with van der Waals surface area (Å²) in [5.74, 6) is -3.46. The Kier molecular flexibility index (Phi) is 3.96. The molecule has 0 aliphatic heterocycles. The van der Waals surface area contributed by atoms with Gasteiger partial charge in [-0.2, -0.15) is 5.26 Å². The number of nitrogens with zero attached hydrogens (tertiary/aromatic N) is 1. The molecule has 0 aliphatic rings. The largest absolute Gasteiger partial charge is 0.478 e. The Bertz CT molecular complexity index is 707. The third-order valence-corrected chi connectivity index (χ3v) is 3.46. The van der Waals surface area contributed by atoms with Gasteiger partial charge in [0, 0.05) is 22.9 Å². The number of anilines is 1. The molecule has 0 amide bonds. The lowest BCUT2D eigenvalue weighted by Gasteiger charge is -2.08. The minimum absolute atomic E-state index is 0.101. The molecule has 7 heteroatoms. The van der Waals surface area contributed by atoms with Crippen LogP contribution in [-0.4, -0.2) is 11.1 Å². The molecule has 2 aromatic rings. The quantitative estimate of drug-likeness (QED) is 0.908. The summed E-state index contributed by atoms with van der Waals surface area (Å²) in [5.41, 5.74) is -0.203. The maximum absolute atomic E-state index is 13.5. The Morgan fingerprint density at radius 3 is 2.70 bits per heavy atom. The molecule has 1 heterocycles. The second kappa shape index (κ2) is 5.67. The number of nitriles is 1. The molecule has 0 unspecified atom stereocenters. The third-order valence-electron chi connectivity index (χ3n) is 2.52. The number of nitrogens with one attached hydrogen (secondary N) is 1. The van der Waals surface area contributed by atoms with Crippen molar-refractivity contribution >= 4 is 23.0 Å². The maximum Gasteiger partial charge on any atom is 0.338 e. The number of benzene rings is 1. The average Bonchev–Trinajstić information content (AvgIpc) is 2.85. The molecule has 0 saturated carbocycles.